The number of aliphatic hydroxyl groups is 2. The van der Waals surface area contributed by atoms with E-state index in [0.717, 1.165) is 70.6 Å². The number of allylic oxidation sites excluding steroid dienone is 10. The van der Waals surface area contributed by atoms with Gasteiger partial charge in [-0.1, -0.05) is 132 Å². The lowest BCUT2D eigenvalue weighted by Crippen LogP contribution is -2.29. The fourth-order valence-corrected chi connectivity index (χ4v) is 5.51. The van der Waals surface area contributed by atoms with E-state index in [1.807, 2.05) is 0 Å². The van der Waals surface area contributed by atoms with E-state index >= 15 is 0 Å². The van der Waals surface area contributed by atoms with E-state index in [9.17, 15) is 24.2 Å². The Balaban J connectivity index is 4.37. The van der Waals surface area contributed by atoms with Gasteiger partial charge in [0.1, 0.15) is 12.7 Å². The van der Waals surface area contributed by atoms with Crippen molar-refractivity contribution in [3.63, 3.8) is 0 Å². The van der Waals surface area contributed by atoms with Crippen molar-refractivity contribution in [2.24, 2.45) is 0 Å². The highest BCUT2D eigenvalue weighted by Crippen LogP contribution is 2.43. The molecule has 0 radical (unpaired) electrons. The van der Waals surface area contributed by atoms with Crippen LogP contribution >= 0.6 is 7.82 Å². The summed E-state index contributed by atoms with van der Waals surface area (Å²) in [6.45, 7) is 2.17. The lowest BCUT2D eigenvalue weighted by Gasteiger charge is -2.20. The zero-order valence-corrected chi connectivity index (χ0v) is 32.4. The molecule has 294 valence electrons. The number of ether oxygens (including phenoxy) is 2. The molecule has 0 fully saturated rings. The molecule has 11 heteroatoms. The Bertz CT molecular complexity index is 1040. The van der Waals surface area contributed by atoms with Crippen molar-refractivity contribution in [2.45, 2.75) is 154 Å². The van der Waals surface area contributed by atoms with Crippen LogP contribution in [0.25, 0.3) is 0 Å². The fraction of sp³-hybridized carbons (Fsp3) is 0.700. The average molecular weight is 741 g/mol. The predicted molar refractivity (Wildman–Crippen MR) is 205 cm³/mol. The molecule has 0 aliphatic rings. The zero-order valence-electron chi connectivity index (χ0n) is 31.5. The van der Waals surface area contributed by atoms with Gasteiger partial charge in [0.15, 0.2) is 6.10 Å². The van der Waals surface area contributed by atoms with Crippen LogP contribution in [0.2, 0.25) is 0 Å². The van der Waals surface area contributed by atoms with Gasteiger partial charge in [-0.05, 0) is 57.8 Å². The number of phosphoric acid groups is 1. The smallest absolute Gasteiger partial charge is 0.462 e. The Morgan fingerprint density at radius 3 is 1.63 bits per heavy atom. The second-order valence-corrected chi connectivity index (χ2v) is 14.0. The summed E-state index contributed by atoms with van der Waals surface area (Å²) >= 11 is 0. The summed E-state index contributed by atoms with van der Waals surface area (Å²) in [5.41, 5.74) is 0. The number of carbonyl (C=O) groups is 2. The van der Waals surface area contributed by atoms with Gasteiger partial charge in [0.2, 0.25) is 0 Å². The van der Waals surface area contributed by atoms with Crippen LogP contribution in [0, 0.1) is 0 Å². The minimum atomic E-state index is -4.62. The van der Waals surface area contributed by atoms with Crippen molar-refractivity contribution in [1.82, 2.24) is 0 Å². The molecular weight excluding hydrogens is 671 g/mol. The molecule has 3 atom stereocenters. The van der Waals surface area contributed by atoms with Gasteiger partial charge in [-0.2, -0.15) is 0 Å². The van der Waals surface area contributed by atoms with Crippen molar-refractivity contribution in [2.75, 3.05) is 26.4 Å². The number of unbranched alkanes of at least 4 members (excludes halogenated alkanes) is 11. The highest BCUT2D eigenvalue weighted by atomic mass is 31.2. The Kier molecular flexibility index (Phi) is 34.4. The standard InChI is InChI=1S/C40H69O10P/c1-3-5-7-9-11-13-14-15-16-17-18-19-20-21-22-24-25-27-29-31-39(43)47-35-38(36-49-51(45,46)48-34-37(42)33-41)50-40(44)32-30-28-26-23-12-10-8-6-4-2/h5,7,11,13,15-16,18-19,21-22,37-38,41-42H,3-4,6,8-10,12,14,17,20,23-36H2,1-2H3,(H,45,46)/b7-5+,13-11+,16-15+,19-18+,22-21+/t37-,38+/m1/s1. The highest BCUT2D eigenvalue weighted by Gasteiger charge is 2.27. The third kappa shape index (κ3) is 35.8. The SMILES string of the molecule is CC/C=C/C/C=C/C/C=C/C/C=C/C/C=C/CCCCCC(=O)OC[C@@H](COP(=O)(O)OC[C@H](O)CO)OC(=O)CCCCCCCCCCC. The number of hydrogen-bond donors (Lipinski definition) is 3. The number of hydrogen-bond acceptors (Lipinski definition) is 9. The summed E-state index contributed by atoms with van der Waals surface area (Å²) in [5.74, 6) is -0.971. The van der Waals surface area contributed by atoms with Crippen LogP contribution in [-0.2, 0) is 32.7 Å². The van der Waals surface area contributed by atoms with Gasteiger partial charge < -0.3 is 24.6 Å². The summed E-state index contributed by atoms with van der Waals surface area (Å²) in [6.07, 6.45) is 37.7. The van der Waals surface area contributed by atoms with Gasteiger partial charge in [-0.25, -0.2) is 4.57 Å². The zero-order chi connectivity index (χ0) is 37.7. The topological polar surface area (TPSA) is 149 Å². The van der Waals surface area contributed by atoms with E-state index in [4.69, 9.17) is 19.1 Å². The normalized spacial score (nSPS) is 14.7. The lowest BCUT2D eigenvalue weighted by molar-refractivity contribution is -0.161. The van der Waals surface area contributed by atoms with E-state index in [2.05, 4.69) is 79.1 Å². The van der Waals surface area contributed by atoms with Gasteiger partial charge in [0.25, 0.3) is 0 Å². The third-order valence-electron chi connectivity index (χ3n) is 7.69. The predicted octanol–water partition coefficient (Wildman–Crippen LogP) is 9.55. The molecule has 0 rings (SSSR count). The van der Waals surface area contributed by atoms with Gasteiger partial charge in [-0.3, -0.25) is 18.6 Å². The van der Waals surface area contributed by atoms with Crippen LogP contribution in [0.1, 0.15) is 142 Å². The van der Waals surface area contributed by atoms with E-state index in [0.29, 0.717) is 12.8 Å². The van der Waals surface area contributed by atoms with Crippen LogP contribution in [0.15, 0.2) is 60.8 Å². The van der Waals surface area contributed by atoms with E-state index in [1.165, 1.54) is 32.1 Å². The van der Waals surface area contributed by atoms with E-state index < -0.39 is 51.8 Å². The molecule has 0 aliphatic carbocycles. The second-order valence-electron chi connectivity index (χ2n) is 12.6. The van der Waals surface area contributed by atoms with Crippen LogP contribution < -0.4 is 0 Å². The summed E-state index contributed by atoms with van der Waals surface area (Å²) in [6, 6.07) is 0. The number of esters is 2. The summed E-state index contributed by atoms with van der Waals surface area (Å²) in [7, 11) is -4.62. The van der Waals surface area contributed by atoms with Crippen molar-refractivity contribution >= 4 is 19.8 Å². The van der Waals surface area contributed by atoms with E-state index in [-0.39, 0.29) is 19.4 Å². The van der Waals surface area contributed by atoms with Crippen LogP contribution in [-0.4, -0.2) is 65.7 Å². The van der Waals surface area contributed by atoms with Gasteiger partial charge in [0, 0.05) is 12.8 Å². The molecule has 0 spiro atoms. The molecule has 0 aliphatic heterocycles. The number of phosphoric ester groups is 1. The summed E-state index contributed by atoms with van der Waals surface area (Å²) in [4.78, 5) is 34.7. The van der Waals surface area contributed by atoms with Crippen molar-refractivity contribution in [3.8, 4) is 0 Å². The molecule has 3 N–H and O–H groups in total. The maximum absolute atomic E-state index is 12.5. The van der Waals surface area contributed by atoms with E-state index in [1.54, 1.807) is 0 Å². The first-order valence-electron chi connectivity index (χ1n) is 19.2. The molecule has 0 amide bonds. The number of aliphatic hydroxyl groups excluding tert-OH is 2. The first-order chi connectivity index (χ1) is 24.7. The van der Waals surface area contributed by atoms with Crippen LogP contribution in [0.4, 0.5) is 0 Å². The summed E-state index contributed by atoms with van der Waals surface area (Å²) in [5, 5.41) is 18.2. The maximum Gasteiger partial charge on any atom is 0.472 e. The minimum absolute atomic E-state index is 0.175. The minimum Gasteiger partial charge on any atom is -0.462 e. The molecule has 0 saturated heterocycles. The first-order valence-corrected chi connectivity index (χ1v) is 20.7. The molecule has 0 heterocycles. The van der Waals surface area contributed by atoms with Crippen molar-refractivity contribution in [1.29, 1.82) is 0 Å². The number of rotatable bonds is 35. The molecule has 1 unspecified atom stereocenters. The lowest BCUT2D eigenvalue weighted by atomic mass is 10.1. The Morgan fingerprint density at radius 2 is 1.08 bits per heavy atom. The monoisotopic (exact) mass is 740 g/mol. The summed E-state index contributed by atoms with van der Waals surface area (Å²) < 4.78 is 32.5. The Labute approximate surface area is 308 Å². The molecule has 0 saturated carbocycles. The Hall–Kier alpha value is -2.33. The fourth-order valence-electron chi connectivity index (χ4n) is 4.72. The van der Waals surface area contributed by atoms with Crippen molar-refractivity contribution in [3.05, 3.63) is 60.8 Å². The Morgan fingerprint density at radius 1 is 0.608 bits per heavy atom. The highest BCUT2D eigenvalue weighted by molar-refractivity contribution is 7.47. The maximum atomic E-state index is 12.5. The molecule has 0 aromatic carbocycles. The molecule has 10 nitrogen and oxygen atoms in total. The number of carbonyl (C=O) groups excluding carboxylic acids is 2. The molecule has 0 bridgehead atoms. The van der Waals surface area contributed by atoms with Gasteiger partial charge >= 0.3 is 19.8 Å². The van der Waals surface area contributed by atoms with Crippen LogP contribution in [0.5, 0.6) is 0 Å². The first kappa shape index (κ1) is 48.7. The quantitative estimate of drug-likeness (QED) is 0.0248. The largest absolute Gasteiger partial charge is 0.472 e. The van der Waals surface area contributed by atoms with Gasteiger partial charge in [-0.15, -0.1) is 0 Å². The van der Waals surface area contributed by atoms with Crippen LogP contribution in [0.3, 0.4) is 0 Å². The van der Waals surface area contributed by atoms with Gasteiger partial charge in [0.05, 0.1) is 19.8 Å². The molecule has 0 aromatic heterocycles. The third-order valence-corrected chi connectivity index (χ3v) is 8.64. The molecule has 0 aromatic rings. The molecule has 51 heavy (non-hydrogen) atoms. The average Bonchev–Trinajstić information content (AvgIpc) is 3.12. The second kappa shape index (κ2) is 36.0. The van der Waals surface area contributed by atoms with Crippen molar-refractivity contribution < 1.29 is 47.8 Å². The molecular formula is C40H69O10P.